The van der Waals surface area contributed by atoms with Crippen LogP contribution in [0.3, 0.4) is 0 Å². The normalized spacial score (nSPS) is 9.54. The molecule has 0 amide bonds. The van der Waals surface area contributed by atoms with Gasteiger partial charge in [-0.15, -0.1) is 4.91 Å². The van der Waals surface area contributed by atoms with Crippen molar-refractivity contribution in [3.63, 3.8) is 0 Å². The first kappa shape index (κ1) is 8.98. The van der Waals surface area contributed by atoms with Crippen LogP contribution < -0.4 is 0 Å². The number of carboxylic acids is 1. The average molecular weight is 183 g/mol. The largest absolute Gasteiger partial charge is 0.504 e. The molecular formula is C7H5NO5. The number of aromatic carboxylic acids is 1. The van der Waals surface area contributed by atoms with Crippen LogP contribution in [0, 0.1) is 4.91 Å². The second-order valence-corrected chi connectivity index (χ2v) is 2.26. The van der Waals surface area contributed by atoms with E-state index in [4.69, 9.17) is 15.3 Å². The highest BCUT2D eigenvalue weighted by molar-refractivity contribution is 5.90. The summed E-state index contributed by atoms with van der Waals surface area (Å²) in [7, 11) is 0. The lowest BCUT2D eigenvalue weighted by Crippen LogP contribution is -1.95. The van der Waals surface area contributed by atoms with Crippen LogP contribution in [-0.2, 0) is 0 Å². The van der Waals surface area contributed by atoms with E-state index in [1.165, 1.54) is 0 Å². The van der Waals surface area contributed by atoms with Gasteiger partial charge in [0.15, 0.2) is 17.2 Å². The van der Waals surface area contributed by atoms with Crippen molar-refractivity contribution in [1.82, 2.24) is 0 Å². The summed E-state index contributed by atoms with van der Waals surface area (Å²) < 4.78 is 0. The smallest absolute Gasteiger partial charge is 0.335 e. The molecule has 0 aromatic heterocycles. The topological polar surface area (TPSA) is 107 Å². The van der Waals surface area contributed by atoms with Gasteiger partial charge in [-0.25, -0.2) is 4.79 Å². The zero-order valence-corrected chi connectivity index (χ0v) is 6.26. The lowest BCUT2D eigenvalue weighted by Gasteiger charge is -2.00. The predicted octanol–water partition coefficient (Wildman–Crippen LogP) is 1.19. The van der Waals surface area contributed by atoms with E-state index in [1.54, 1.807) is 0 Å². The first-order chi connectivity index (χ1) is 6.06. The van der Waals surface area contributed by atoms with E-state index in [1.807, 2.05) is 0 Å². The third kappa shape index (κ3) is 1.56. The van der Waals surface area contributed by atoms with E-state index in [-0.39, 0.29) is 5.56 Å². The van der Waals surface area contributed by atoms with Crippen molar-refractivity contribution < 1.29 is 20.1 Å². The molecule has 3 N–H and O–H groups in total. The summed E-state index contributed by atoms with van der Waals surface area (Å²) in [6, 6.07) is 1.69. The standard InChI is InChI=1S/C7H5NO5/c9-5-2-3(7(11)12)1-4(8-13)6(5)10/h1-2,9-10H,(H,11,12). The number of phenols is 2. The Labute approximate surface area is 72.0 Å². The maximum absolute atomic E-state index is 10.4. The SMILES string of the molecule is O=Nc1cc(C(=O)O)cc(O)c1O. The zero-order chi connectivity index (χ0) is 10.0. The minimum Gasteiger partial charge on any atom is -0.504 e. The number of aromatic hydroxyl groups is 2. The monoisotopic (exact) mass is 183 g/mol. The third-order valence-electron chi connectivity index (χ3n) is 1.41. The summed E-state index contributed by atoms with van der Waals surface area (Å²) >= 11 is 0. The fourth-order valence-electron chi connectivity index (χ4n) is 0.797. The van der Waals surface area contributed by atoms with E-state index in [0.29, 0.717) is 0 Å². The molecule has 1 aromatic rings. The van der Waals surface area contributed by atoms with E-state index in [2.05, 4.69) is 5.18 Å². The van der Waals surface area contributed by atoms with Crippen LogP contribution in [0.4, 0.5) is 5.69 Å². The molecule has 1 aromatic carbocycles. The van der Waals surface area contributed by atoms with Gasteiger partial charge in [-0.05, 0) is 17.3 Å². The van der Waals surface area contributed by atoms with E-state index in [0.717, 1.165) is 12.1 Å². The summed E-state index contributed by atoms with van der Waals surface area (Å²) in [5.74, 6) is -2.73. The van der Waals surface area contributed by atoms with Gasteiger partial charge in [0.25, 0.3) is 0 Å². The van der Waals surface area contributed by atoms with Gasteiger partial charge >= 0.3 is 5.97 Å². The van der Waals surface area contributed by atoms with Crippen LogP contribution in [-0.4, -0.2) is 21.3 Å². The number of hydrogen-bond acceptors (Lipinski definition) is 5. The molecule has 0 saturated carbocycles. The van der Waals surface area contributed by atoms with Crippen molar-refractivity contribution in [3.8, 4) is 11.5 Å². The number of rotatable bonds is 2. The number of carbonyl (C=O) groups is 1. The number of nitroso groups, excluding NO2 is 1. The second-order valence-electron chi connectivity index (χ2n) is 2.26. The first-order valence-corrected chi connectivity index (χ1v) is 3.19. The van der Waals surface area contributed by atoms with Gasteiger partial charge in [0.1, 0.15) is 0 Å². The molecule has 6 nitrogen and oxygen atoms in total. The van der Waals surface area contributed by atoms with Gasteiger partial charge in [-0.3, -0.25) is 0 Å². The average Bonchev–Trinajstić information content (AvgIpc) is 2.09. The van der Waals surface area contributed by atoms with Crippen molar-refractivity contribution in [2.75, 3.05) is 0 Å². The quantitative estimate of drug-likeness (QED) is 0.471. The molecule has 0 unspecified atom stereocenters. The minimum absolute atomic E-state index is 0.315. The summed E-state index contributed by atoms with van der Waals surface area (Å²) in [6.45, 7) is 0. The van der Waals surface area contributed by atoms with Crippen LogP contribution >= 0.6 is 0 Å². The van der Waals surface area contributed by atoms with Gasteiger partial charge in [0.2, 0.25) is 0 Å². The molecule has 13 heavy (non-hydrogen) atoms. The Hall–Kier alpha value is -2.11. The zero-order valence-electron chi connectivity index (χ0n) is 6.26. The van der Waals surface area contributed by atoms with Gasteiger partial charge in [-0.2, -0.15) is 0 Å². The predicted molar refractivity (Wildman–Crippen MR) is 42.2 cm³/mol. The maximum atomic E-state index is 10.4. The Bertz CT molecular complexity index is 373. The first-order valence-electron chi connectivity index (χ1n) is 3.19. The van der Waals surface area contributed by atoms with Crippen LogP contribution in [0.1, 0.15) is 10.4 Å². The third-order valence-corrected chi connectivity index (χ3v) is 1.41. The Morgan fingerprint density at radius 3 is 2.38 bits per heavy atom. The van der Waals surface area contributed by atoms with E-state index < -0.39 is 23.2 Å². The molecule has 6 heteroatoms. The number of phenolic OH excluding ortho intramolecular Hbond substituents is 2. The van der Waals surface area contributed by atoms with Crippen molar-refractivity contribution in [2.45, 2.75) is 0 Å². The van der Waals surface area contributed by atoms with Gasteiger partial charge in [0, 0.05) is 0 Å². The fourth-order valence-corrected chi connectivity index (χ4v) is 0.797. The lowest BCUT2D eigenvalue weighted by atomic mass is 10.2. The number of carboxylic acid groups (broad SMARTS) is 1. The molecule has 0 aliphatic rings. The molecule has 0 heterocycles. The molecule has 0 aliphatic carbocycles. The summed E-state index contributed by atoms with van der Waals surface area (Å²) in [6.07, 6.45) is 0. The van der Waals surface area contributed by atoms with Gasteiger partial charge < -0.3 is 15.3 Å². The highest BCUT2D eigenvalue weighted by atomic mass is 16.4. The maximum Gasteiger partial charge on any atom is 0.335 e. The van der Waals surface area contributed by atoms with Crippen LogP contribution in [0.25, 0.3) is 0 Å². The fraction of sp³-hybridized carbons (Fsp3) is 0. The molecule has 1 rings (SSSR count). The number of benzene rings is 1. The highest BCUT2D eigenvalue weighted by Gasteiger charge is 2.13. The molecule has 0 aliphatic heterocycles. The Morgan fingerprint density at radius 1 is 1.31 bits per heavy atom. The Balaban J connectivity index is 3.38. The molecule has 0 bridgehead atoms. The van der Waals surface area contributed by atoms with Crippen molar-refractivity contribution in [2.24, 2.45) is 5.18 Å². The van der Waals surface area contributed by atoms with Gasteiger partial charge in [0.05, 0.1) is 5.56 Å². The lowest BCUT2D eigenvalue weighted by molar-refractivity contribution is 0.0696. The molecule has 0 fully saturated rings. The van der Waals surface area contributed by atoms with E-state index in [9.17, 15) is 9.70 Å². The van der Waals surface area contributed by atoms with Crippen LogP contribution in [0.15, 0.2) is 17.3 Å². The molecule has 0 atom stereocenters. The molecule has 0 radical (unpaired) electrons. The molecule has 0 saturated heterocycles. The molecule has 0 spiro atoms. The van der Waals surface area contributed by atoms with E-state index >= 15 is 0 Å². The summed E-state index contributed by atoms with van der Waals surface area (Å²) in [4.78, 5) is 20.4. The Kier molecular flexibility index (Phi) is 2.14. The van der Waals surface area contributed by atoms with Crippen LogP contribution in [0.5, 0.6) is 11.5 Å². The minimum atomic E-state index is -1.32. The Morgan fingerprint density at radius 2 is 1.92 bits per heavy atom. The van der Waals surface area contributed by atoms with Crippen molar-refractivity contribution in [3.05, 3.63) is 22.6 Å². The summed E-state index contributed by atoms with van der Waals surface area (Å²) in [5, 5.41) is 28.8. The van der Waals surface area contributed by atoms with Crippen molar-refractivity contribution >= 4 is 11.7 Å². The number of nitrogens with zero attached hydrogens (tertiary/aromatic N) is 1. The van der Waals surface area contributed by atoms with Crippen LogP contribution in [0.2, 0.25) is 0 Å². The van der Waals surface area contributed by atoms with Gasteiger partial charge in [-0.1, -0.05) is 0 Å². The molecular weight excluding hydrogens is 178 g/mol. The second kappa shape index (κ2) is 3.10. The highest BCUT2D eigenvalue weighted by Crippen LogP contribution is 2.36. The van der Waals surface area contributed by atoms with Crippen molar-refractivity contribution in [1.29, 1.82) is 0 Å². The summed E-state index contributed by atoms with van der Waals surface area (Å²) in [5.41, 5.74) is -0.817. The molecule has 68 valence electrons. The number of hydrogen-bond donors (Lipinski definition) is 3.